The Hall–Kier alpha value is -2.35. The van der Waals surface area contributed by atoms with E-state index in [1.165, 1.54) is 14.2 Å². The summed E-state index contributed by atoms with van der Waals surface area (Å²) in [6, 6.07) is 10.8. The van der Waals surface area contributed by atoms with Crippen LogP contribution in [0.5, 0.6) is 0 Å². The molecule has 0 N–H and O–H groups in total. The molecule has 0 amide bonds. The van der Waals surface area contributed by atoms with Crippen molar-refractivity contribution in [3.05, 3.63) is 35.9 Å². The van der Waals surface area contributed by atoms with Crippen LogP contribution < -0.4 is 0 Å². The second-order valence-corrected chi connectivity index (χ2v) is 3.93. The molecule has 0 spiro atoms. The third-order valence-electron chi connectivity index (χ3n) is 2.84. The summed E-state index contributed by atoms with van der Waals surface area (Å²) in [5, 5.41) is 9.14. The van der Waals surface area contributed by atoms with Crippen molar-refractivity contribution in [1.29, 1.82) is 5.26 Å². The summed E-state index contributed by atoms with van der Waals surface area (Å²) in [4.78, 5) is 23.1. The Bertz CT molecular complexity index is 478. The van der Waals surface area contributed by atoms with Crippen molar-refractivity contribution in [2.45, 2.75) is 12.3 Å². The highest BCUT2D eigenvalue weighted by Crippen LogP contribution is 2.29. The first-order valence-electron chi connectivity index (χ1n) is 5.73. The standard InChI is InChI=1S/C14H15NO4/c1-18-13(16)8-11(10-6-4-3-5-7-10)12(9-15)14(17)19-2/h3-7,11-12H,8H2,1-2H3/t11-,12+/m1/s1. The van der Waals surface area contributed by atoms with Crippen LogP contribution in [0.15, 0.2) is 30.3 Å². The van der Waals surface area contributed by atoms with E-state index in [9.17, 15) is 9.59 Å². The quantitative estimate of drug-likeness (QED) is 0.753. The fourth-order valence-electron chi connectivity index (χ4n) is 1.83. The zero-order valence-electron chi connectivity index (χ0n) is 10.8. The second-order valence-electron chi connectivity index (χ2n) is 3.93. The maximum Gasteiger partial charge on any atom is 0.323 e. The van der Waals surface area contributed by atoms with Crippen molar-refractivity contribution < 1.29 is 19.1 Å². The molecule has 19 heavy (non-hydrogen) atoms. The van der Waals surface area contributed by atoms with Gasteiger partial charge in [0.15, 0.2) is 5.92 Å². The fraction of sp³-hybridized carbons (Fsp3) is 0.357. The van der Waals surface area contributed by atoms with E-state index >= 15 is 0 Å². The van der Waals surface area contributed by atoms with Crippen molar-refractivity contribution in [3.63, 3.8) is 0 Å². The number of esters is 2. The average molecular weight is 261 g/mol. The first-order valence-corrected chi connectivity index (χ1v) is 5.73. The highest BCUT2D eigenvalue weighted by molar-refractivity contribution is 5.78. The van der Waals surface area contributed by atoms with Crippen molar-refractivity contribution in [2.24, 2.45) is 5.92 Å². The molecular formula is C14H15NO4. The Morgan fingerprint density at radius 2 is 1.84 bits per heavy atom. The van der Waals surface area contributed by atoms with Crippen LogP contribution in [0, 0.1) is 17.2 Å². The van der Waals surface area contributed by atoms with Gasteiger partial charge in [0.25, 0.3) is 0 Å². The molecule has 0 aliphatic carbocycles. The first-order chi connectivity index (χ1) is 9.13. The maximum absolute atomic E-state index is 11.6. The topological polar surface area (TPSA) is 76.4 Å². The molecule has 0 aliphatic rings. The van der Waals surface area contributed by atoms with Crippen LogP contribution >= 0.6 is 0 Å². The van der Waals surface area contributed by atoms with Crippen LogP contribution in [-0.2, 0) is 19.1 Å². The maximum atomic E-state index is 11.6. The second kappa shape index (κ2) is 7.17. The minimum atomic E-state index is -1.04. The highest BCUT2D eigenvalue weighted by Gasteiger charge is 2.32. The number of rotatable bonds is 5. The van der Waals surface area contributed by atoms with Gasteiger partial charge in [0, 0.05) is 5.92 Å². The van der Waals surface area contributed by atoms with Crippen molar-refractivity contribution in [1.82, 2.24) is 0 Å². The molecule has 5 nitrogen and oxygen atoms in total. The molecule has 1 aromatic rings. The smallest absolute Gasteiger partial charge is 0.323 e. The van der Waals surface area contributed by atoms with Crippen LogP contribution in [0.1, 0.15) is 17.9 Å². The van der Waals surface area contributed by atoms with Crippen molar-refractivity contribution >= 4 is 11.9 Å². The molecule has 1 rings (SSSR count). The fourth-order valence-corrected chi connectivity index (χ4v) is 1.83. The Morgan fingerprint density at radius 3 is 2.32 bits per heavy atom. The SMILES string of the molecule is COC(=O)C[C@H](c1ccccc1)[C@H](C#N)C(=O)OC. The summed E-state index contributed by atoms with van der Waals surface area (Å²) in [5.41, 5.74) is 0.727. The van der Waals surface area contributed by atoms with Gasteiger partial charge in [-0.2, -0.15) is 5.26 Å². The number of ether oxygens (including phenoxy) is 2. The van der Waals surface area contributed by atoms with Gasteiger partial charge in [-0.1, -0.05) is 30.3 Å². The van der Waals surface area contributed by atoms with Gasteiger partial charge in [-0.15, -0.1) is 0 Å². The van der Waals surface area contributed by atoms with Crippen LogP contribution in [0.4, 0.5) is 0 Å². The van der Waals surface area contributed by atoms with Crippen molar-refractivity contribution in [2.75, 3.05) is 14.2 Å². The monoisotopic (exact) mass is 261 g/mol. The van der Waals surface area contributed by atoms with Crippen LogP contribution in [0.25, 0.3) is 0 Å². The van der Waals surface area contributed by atoms with E-state index in [1.54, 1.807) is 24.3 Å². The normalized spacial score (nSPS) is 12.9. The molecule has 0 heterocycles. The zero-order chi connectivity index (χ0) is 14.3. The number of carbonyl (C=O) groups is 2. The van der Waals surface area contributed by atoms with E-state index in [2.05, 4.69) is 9.47 Å². The van der Waals surface area contributed by atoms with Gasteiger partial charge >= 0.3 is 11.9 Å². The lowest BCUT2D eigenvalue weighted by atomic mass is 9.84. The predicted octanol–water partition coefficient (Wildman–Crippen LogP) is 1.65. The number of carbonyl (C=O) groups excluding carboxylic acids is 2. The molecule has 0 saturated heterocycles. The molecule has 1 aromatic carbocycles. The Labute approximate surface area is 111 Å². The van der Waals surface area contributed by atoms with E-state index in [0.717, 1.165) is 5.56 Å². The number of methoxy groups -OCH3 is 2. The summed E-state index contributed by atoms with van der Waals surface area (Å²) in [7, 11) is 2.48. The zero-order valence-corrected chi connectivity index (χ0v) is 10.8. The van der Waals surface area contributed by atoms with E-state index in [0.29, 0.717) is 0 Å². The molecule has 0 aromatic heterocycles. The number of hydrogen-bond donors (Lipinski definition) is 0. The minimum Gasteiger partial charge on any atom is -0.469 e. The van der Waals surface area contributed by atoms with Gasteiger partial charge in [-0.05, 0) is 5.56 Å². The molecule has 0 aliphatic heterocycles. The van der Waals surface area contributed by atoms with Crippen LogP contribution in [0.2, 0.25) is 0 Å². The molecule has 2 atom stereocenters. The molecule has 5 heteroatoms. The Kier molecular flexibility index (Phi) is 5.55. The Morgan fingerprint density at radius 1 is 1.21 bits per heavy atom. The van der Waals surface area contributed by atoms with Crippen LogP contribution in [-0.4, -0.2) is 26.2 Å². The number of hydrogen-bond acceptors (Lipinski definition) is 5. The van der Waals surface area contributed by atoms with E-state index < -0.39 is 23.8 Å². The van der Waals surface area contributed by atoms with Gasteiger partial charge < -0.3 is 9.47 Å². The van der Waals surface area contributed by atoms with E-state index in [1.807, 2.05) is 12.1 Å². The molecule has 0 unspecified atom stereocenters. The average Bonchev–Trinajstić information content (AvgIpc) is 2.47. The lowest BCUT2D eigenvalue weighted by Gasteiger charge is -2.19. The van der Waals surface area contributed by atoms with Gasteiger partial charge in [0.1, 0.15) is 0 Å². The predicted molar refractivity (Wildman–Crippen MR) is 66.9 cm³/mol. The van der Waals surface area contributed by atoms with Crippen molar-refractivity contribution in [3.8, 4) is 6.07 Å². The largest absolute Gasteiger partial charge is 0.469 e. The van der Waals surface area contributed by atoms with Crippen LogP contribution in [0.3, 0.4) is 0 Å². The Balaban J connectivity index is 3.08. The molecular weight excluding hydrogens is 246 g/mol. The van der Waals surface area contributed by atoms with Gasteiger partial charge in [0.05, 0.1) is 26.7 Å². The lowest BCUT2D eigenvalue weighted by molar-refractivity contribution is -0.145. The lowest BCUT2D eigenvalue weighted by Crippen LogP contribution is -2.24. The summed E-state index contributed by atoms with van der Waals surface area (Å²) in [5.74, 6) is -2.74. The molecule has 100 valence electrons. The molecule has 0 bridgehead atoms. The van der Waals surface area contributed by atoms with E-state index in [4.69, 9.17) is 5.26 Å². The molecule has 0 fully saturated rings. The van der Waals surface area contributed by atoms with Gasteiger partial charge in [-0.3, -0.25) is 9.59 Å². The number of nitriles is 1. The summed E-state index contributed by atoms with van der Waals surface area (Å²) in [6.45, 7) is 0. The molecule has 0 saturated carbocycles. The summed E-state index contributed by atoms with van der Waals surface area (Å²) in [6.07, 6.45) is -0.0478. The minimum absolute atomic E-state index is 0.0478. The molecule has 0 radical (unpaired) electrons. The number of nitrogens with zero attached hydrogens (tertiary/aromatic N) is 1. The highest BCUT2D eigenvalue weighted by atomic mass is 16.5. The number of benzene rings is 1. The first kappa shape index (κ1) is 14.7. The van der Waals surface area contributed by atoms with Gasteiger partial charge in [-0.25, -0.2) is 0 Å². The third-order valence-corrected chi connectivity index (χ3v) is 2.84. The van der Waals surface area contributed by atoms with Gasteiger partial charge in [0.2, 0.25) is 0 Å². The van der Waals surface area contributed by atoms with E-state index in [-0.39, 0.29) is 6.42 Å². The summed E-state index contributed by atoms with van der Waals surface area (Å²) < 4.78 is 9.22. The third kappa shape index (κ3) is 3.81. The summed E-state index contributed by atoms with van der Waals surface area (Å²) >= 11 is 0.